The Kier molecular flexibility index (Phi) is 10.6. The number of piperidine rings is 1. The number of nitrogens with two attached hydrogens (primary N) is 1. The van der Waals surface area contributed by atoms with Crippen LogP contribution >= 0.6 is 0 Å². The number of primary amides is 1. The summed E-state index contributed by atoms with van der Waals surface area (Å²) >= 11 is 0. The topological polar surface area (TPSA) is 151 Å². The van der Waals surface area contributed by atoms with E-state index < -0.39 is 41.1 Å². The molecule has 0 bridgehead atoms. The van der Waals surface area contributed by atoms with E-state index in [2.05, 4.69) is 54.1 Å². The van der Waals surface area contributed by atoms with Crippen LogP contribution in [0.25, 0.3) is 0 Å². The molecule has 1 aromatic carbocycles. The van der Waals surface area contributed by atoms with Crippen molar-refractivity contribution in [1.82, 2.24) is 20.9 Å². The fourth-order valence-electron chi connectivity index (χ4n) is 8.50. The van der Waals surface area contributed by atoms with E-state index >= 15 is 0 Å². The highest BCUT2D eigenvalue weighted by molar-refractivity contribution is 6.37. The Hall–Kier alpha value is -3.43. The third kappa shape index (κ3) is 8.23. The summed E-state index contributed by atoms with van der Waals surface area (Å²) in [4.78, 5) is 68.4. The lowest BCUT2D eigenvalue weighted by Crippen LogP contribution is -2.63. The molecule has 3 saturated carbocycles. The molecule has 48 heavy (non-hydrogen) atoms. The van der Waals surface area contributed by atoms with E-state index in [0.717, 1.165) is 70.6 Å². The number of rotatable bonds is 13. The molecule has 5 amide bonds. The summed E-state index contributed by atoms with van der Waals surface area (Å²) in [5, 5.41) is 9.25. The fourth-order valence-corrected chi connectivity index (χ4v) is 8.50. The maximum atomic E-state index is 14.5. The summed E-state index contributed by atoms with van der Waals surface area (Å²) in [6.07, 6.45) is 11.2. The molecule has 0 radical (unpaired) electrons. The molecule has 1 aliphatic heterocycles. The second-order valence-electron chi connectivity index (χ2n) is 16.8. The van der Waals surface area contributed by atoms with Crippen LogP contribution < -0.4 is 21.7 Å². The van der Waals surface area contributed by atoms with Gasteiger partial charge in [-0.05, 0) is 72.7 Å². The highest BCUT2D eigenvalue weighted by atomic mass is 16.2. The molecule has 0 spiro atoms. The molecule has 1 heterocycles. The van der Waals surface area contributed by atoms with Gasteiger partial charge >= 0.3 is 6.03 Å². The predicted octanol–water partition coefficient (Wildman–Crippen LogP) is 4.64. The Bertz CT molecular complexity index is 1360. The minimum Gasteiger partial charge on any atom is -0.363 e. The first-order chi connectivity index (χ1) is 22.6. The molecule has 10 nitrogen and oxygen atoms in total. The lowest BCUT2D eigenvalue weighted by Gasteiger charge is -2.39. The second-order valence-corrected chi connectivity index (χ2v) is 16.8. The molecular weight excluding hydrogens is 606 g/mol. The number of hydrogen-bond donors (Lipinski definition) is 4. The van der Waals surface area contributed by atoms with Crippen LogP contribution in [0, 0.1) is 28.6 Å². The Balaban J connectivity index is 1.30. The average molecular weight is 664 g/mol. The van der Waals surface area contributed by atoms with E-state index in [9.17, 15) is 24.0 Å². The van der Waals surface area contributed by atoms with Gasteiger partial charge < -0.3 is 26.6 Å². The van der Waals surface area contributed by atoms with Gasteiger partial charge in [-0.15, -0.1) is 0 Å². The predicted molar refractivity (Wildman–Crippen MR) is 184 cm³/mol. The third-order valence-electron chi connectivity index (χ3n) is 11.7. The van der Waals surface area contributed by atoms with Gasteiger partial charge in [0.25, 0.3) is 5.91 Å². The quantitative estimate of drug-likeness (QED) is 0.179. The molecule has 5 atom stereocenters. The molecule has 3 aliphatic carbocycles. The van der Waals surface area contributed by atoms with Gasteiger partial charge in [-0.3, -0.25) is 19.2 Å². The third-order valence-corrected chi connectivity index (χ3v) is 11.7. The number of Topliss-reactive ketones (excluding diaryl/α,β-unsaturated/α-hetero) is 1. The van der Waals surface area contributed by atoms with Crippen molar-refractivity contribution >= 4 is 29.5 Å². The van der Waals surface area contributed by atoms with Crippen LogP contribution in [0.4, 0.5) is 4.79 Å². The summed E-state index contributed by atoms with van der Waals surface area (Å²) in [5.74, 6) is -2.30. The van der Waals surface area contributed by atoms with Crippen molar-refractivity contribution in [2.24, 2.45) is 34.3 Å². The number of hydrogen-bond acceptors (Lipinski definition) is 5. The number of aryl methyl sites for hydroxylation is 1. The van der Waals surface area contributed by atoms with Crippen molar-refractivity contribution < 1.29 is 24.0 Å². The van der Waals surface area contributed by atoms with Crippen LogP contribution in [0.15, 0.2) is 30.3 Å². The van der Waals surface area contributed by atoms with Gasteiger partial charge in [-0.2, -0.15) is 0 Å². The Labute approximate surface area is 286 Å². The molecule has 10 heteroatoms. The fraction of sp³-hybridized carbons (Fsp3) is 0.711. The van der Waals surface area contributed by atoms with Gasteiger partial charge in [0.1, 0.15) is 12.1 Å². The van der Waals surface area contributed by atoms with Crippen molar-refractivity contribution in [3.05, 3.63) is 35.9 Å². The molecule has 5 N–H and O–H groups in total. The minimum atomic E-state index is -1.07. The number of nitrogens with one attached hydrogen (secondary N) is 3. The monoisotopic (exact) mass is 663 g/mol. The Morgan fingerprint density at radius 2 is 1.60 bits per heavy atom. The normalized spacial score (nSPS) is 25.5. The van der Waals surface area contributed by atoms with Crippen LogP contribution in [0.5, 0.6) is 0 Å². The zero-order valence-corrected chi connectivity index (χ0v) is 29.6. The number of likely N-dealkylation sites (tertiary alicyclic amines) is 1. The van der Waals surface area contributed by atoms with Crippen molar-refractivity contribution in [3.8, 4) is 0 Å². The number of urea groups is 1. The molecule has 4 fully saturated rings. The summed E-state index contributed by atoms with van der Waals surface area (Å²) < 4.78 is 0. The van der Waals surface area contributed by atoms with Gasteiger partial charge in [0.05, 0.1) is 6.04 Å². The largest absolute Gasteiger partial charge is 0.363 e. The zero-order chi connectivity index (χ0) is 34.9. The van der Waals surface area contributed by atoms with E-state index in [1.807, 2.05) is 26.8 Å². The standard InChI is InChI=1S/C38H57N5O5/c1-36(2,3)31(41-35(48)42-38(19-11-6-7-12-20-38)21-13-16-24-14-9-8-10-15-24)34(47)43-23-26-28(37(26,4)5)29(43)33(46)40-27(22-25-17-18-25)30(44)32(39)45/h8-10,14-15,25-29,31H,6-7,11-13,16-23H2,1-5H3,(H2,39,45)(H,40,46)(H2,41,42,48)/t26-,27?,28-,29-,31+/m0/s1. The maximum absolute atomic E-state index is 14.5. The molecule has 4 aliphatic rings. The summed E-state index contributed by atoms with van der Waals surface area (Å²) in [7, 11) is 0. The number of ketones is 1. The number of amides is 5. The molecule has 1 aromatic rings. The van der Waals surface area contributed by atoms with Crippen LogP contribution in [0.3, 0.4) is 0 Å². The van der Waals surface area contributed by atoms with Crippen LogP contribution in [-0.2, 0) is 25.6 Å². The van der Waals surface area contributed by atoms with E-state index in [1.54, 1.807) is 4.90 Å². The summed E-state index contributed by atoms with van der Waals surface area (Å²) in [5.41, 5.74) is 5.49. The SMILES string of the molecule is CC(C)(C)[C@H](NC(=O)NC1(CCCc2ccccc2)CCCCCC1)C(=O)N1C[C@H]2[C@@H]([C@H]1C(=O)NC(CC1CC1)C(=O)C(N)=O)C2(C)C. The first kappa shape index (κ1) is 35.9. The van der Waals surface area contributed by atoms with E-state index in [1.165, 1.54) is 5.56 Å². The van der Waals surface area contributed by atoms with Gasteiger partial charge in [-0.1, -0.05) is 103 Å². The summed E-state index contributed by atoms with van der Waals surface area (Å²) in [6, 6.07) is 7.37. The minimum absolute atomic E-state index is 0.0833. The van der Waals surface area contributed by atoms with Gasteiger partial charge in [-0.25, -0.2) is 4.79 Å². The number of carbonyl (C=O) groups excluding carboxylic acids is 5. The van der Waals surface area contributed by atoms with Gasteiger partial charge in [0.15, 0.2) is 0 Å². The molecule has 264 valence electrons. The number of fused-ring (bicyclic) bond motifs is 1. The first-order valence-corrected chi connectivity index (χ1v) is 18.2. The van der Waals surface area contributed by atoms with Crippen LogP contribution in [-0.4, -0.2) is 64.6 Å². The smallest absolute Gasteiger partial charge is 0.315 e. The number of carbonyl (C=O) groups is 5. The highest BCUT2D eigenvalue weighted by Crippen LogP contribution is 2.65. The number of nitrogens with zero attached hydrogens (tertiary/aromatic N) is 1. The molecule has 1 unspecified atom stereocenters. The van der Waals surface area contributed by atoms with Crippen molar-refractivity contribution in [2.75, 3.05) is 6.54 Å². The first-order valence-electron chi connectivity index (χ1n) is 18.2. The molecule has 1 saturated heterocycles. The van der Waals surface area contributed by atoms with Gasteiger partial charge in [0, 0.05) is 12.1 Å². The molecule has 5 rings (SSSR count). The Morgan fingerprint density at radius 1 is 0.958 bits per heavy atom. The lowest BCUT2D eigenvalue weighted by atomic mass is 9.83. The molecule has 0 aromatic heterocycles. The van der Waals surface area contributed by atoms with Crippen molar-refractivity contribution in [2.45, 2.75) is 135 Å². The second kappa shape index (κ2) is 14.2. The average Bonchev–Trinajstić information content (AvgIpc) is 3.90. The number of benzene rings is 1. The maximum Gasteiger partial charge on any atom is 0.315 e. The van der Waals surface area contributed by atoms with Crippen molar-refractivity contribution in [1.29, 1.82) is 0 Å². The Morgan fingerprint density at radius 3 is 2.19 bits per heavy atom. The lowest BCUT2D eigenvalue weighted by molar-refractivity contribution is -0.145. The van der Waals surface area contributed by atoms with E-state index in [4.69, 9.17) is 5.73 Å². The van der Waals surface area contributed by atoms with E-state index in [0.29, 0.717) is 13.0 Å². The van der Waals surface area contributed by atoms with E-state index in [-0.39, 0.29) is 40.6 Å². The van der Waals surface area contributed by atoms with Crippen LogP contribution in [0.2, 0.25) is 0 Å². The summed E-state index contributed by atoms with van der Waals surface area (Å²) in [6.45, 7) is 10.3. The van der Waals surface area contributed by atoms with Gasteiger partial charge in [0.2, 0.25) is 17.6 Å². The van der Waals surface area contributed by atoms with Crippen LogP contribution in [0.1, 0.15) is 111 Å². The highest BCUT2D eigenvalue weighted by Gasteiger charge is 2.70. The zero-order valence-electron chi connectivity index (χ0n) is 29.6. The van der Waals surface area contributed by atoms with Crippen molar-refractivity contribution in [3.63, 3.8) is 0 Å². The molecular formula is C38H57N5O5.